The molecule has 6 nitrogen and oxygen atoms in total. The minimum absolute atomic E-state index is 0.137. The van der Waals surface area contributed by atoms with Gasteiger partial charge < -0.3 is 19.8 Å². The summed E-state index contributed by atoms with van der Waals surface area (Å²) in [7, 11) is 0. The molecule has 0 unspecified atom stereocenters. The zero-order valence-electron chi connectivity index (χ0n) is 17.3. The van der Waals surface area contributed by atoms with Crippen molar-refractivity contribution >= 4 is 16.8 Å². The first-order chi connectivity index (χ1) is 13.8. The van der Waals surface area contributed by atoms with Gasteiger partial charge in [-0.25, -0.2) is 0 Å². The number of rotatable bonds is 5. The summed E-state index contributed by atoms with van der Waals surface area (Å²) in [6.07, 6.45) is 3.70. The fourth-order valence-corrected chi connectivity index (χ4v) is 3.98. The summed E-state index contributed by atoms with van der Waals surface area (Å²) in [4.78, 5) is 18.1. The van der Waals surface area contributed by atoms with Crippen molar-refractivity contribution in [2.45, 2.75) is 51.7 Å². The molecule has 1 aliphatic heterocycles. The third-order valence-electron chi connectivity index (χ3n) is 5.39. The SMILES string of the molecule is CC(C)(C)NC(=O)c1coc(-c2ccc3[nH]c(CN4CCC[C@@H]4CO)cc3c2)c1. The zero-order valence-corrected chi connectivity index (χ0v) is 17.3. The number of aliphatic hydroxyl groups excluding tert-OH is 1. The Balaban J connectivity index is 1.53. The van der Waals surface area contributed by atoms with Crippen molar-refractivity contribution in [2.24, 2.45) is 0 Å². The van der Waals surface area contributed by atoms with Gasteiger partial charge in [0.25, 0.3) is 5.91 Å². The number of hydrogen-bond acceptors (Lipinski definition) is 4. The van der Waals surface area contributed by atoms with Crippen LogP contribution in [-0.4, -0.2) is 45.6 Å². The van der Waals surface area contributed by atoms with Crippen LogP contribution in [0.2, 0.25) is 0 Å². The second-order valence-corrected chi connectivity index (χ2v) is 8.95. The van der Waals surface area contributed by atoms with Crippen molar-refractivity contribution in [1.29, 1.82) is 0 Å². The molecule has 1 fully saturated rings. The molecule has 4 rings (SSSR count). The van der Waals surface area contributed by atoms with Crippen LogP contribution in [0.5, 0.6) is 0 Å². The number of H-pyrrole nitrogens is 1. The number of amides is 1. The molecule has 3 N–H and O–H groups in total. The molecular formula is C23H29N3O3. The van der Waals surface area contributed by atoms with E-state index < -0.39 is 0 Å². The van der Waals surface area contributed by atoms with Crippen LogP contribution in [0.1, 0.15) is 49.7 Å². The van der Waals surface area contributed by atoms with E-state index in [0.29, 0.717) is 11.3 Å². The van der Waals surface area contributed by atoms with E-state index in [9.17, 15) is 9.90 Å². The molecule has 29 heavy (non-hydrogen) atoms. The molecule has 1 atom stereocenters. The monoisotopic (exact) mass is 395 g/mol. The van der Waals surface area contributed by atoms with E-state index >= 15 is 0 Å². The number of aromatic nitrogens is 1. The fraction of sp³-hybridized carbons (Fsp3) is 0.435. The summed E-state index contributed by atoms with van der Waals surface area (Å²) in [5.41, 5.74) is 3.38. The van der Waals surface area contributed by atoms with Crippen molar-refractivity contribution in [2.75, 3.05) is 13.2 Å². The molecule has 3 heterocycles. The quantitative estimate of drug-likeness (QED) is 0.612. The van der Waals surface area contributed by atoms with Crippen LogP contribution in [0.15, 0.2) is 41.0 Å². The summed E-state index contributed by atoms with van der Waals surface area (Å²) < 4.78 is 5.67. The van der Waals surface area contributed by atoms with Gasteiger partial charge in [0.2, 0.25) is 0 Å². The lowest BCUT2D eigenvalue weighted by atomic mass is 10.1. The molecule has 1 aromatic carbocycles. The predicted molar refractivity (Wildman–Crippen MR) is 114 cm³/mol. The lowest BCUT2D eigenvalue weighted by Gasteiger charge is -2.21. The van der Waals surface area contributed by atoms with Gasteiger partial charge in [0.1, 0.15) is 12.0 Å². The lowest BCUT2D eigenvalue weighted by molar-refractivity contribution is 0.0919. The van der Waals surface area contributed by atoms with Crippen LogP contribution in [0, 0.1) is 0 Å². The van der Waals surface area contributed by atoms with E-state index in [1.807, 2.05) is 32.9 Å². The molecule has 0 saturated carbocycles. The molecule has 0 bridgehead atoms. The van der Waals surface area contributed by atoms with E-state index in [1.165, 1.54) is 6.26 Å². The van der Waals surface area contributed by atoms with Gasteiger partial charge in [0, 0.05) is 40.3 Å². The number of aliphatic hydroxyl groups is 1. The molecular weight excluding hydrogens is 366 g/mol. The lowest BCUT2D eigenvalue weighted by Crippen LogP contribution is -2.40. The molecule has 0 radical (unpaired) electrons. The zero-order chi connectivity index (χ0) is 20.6. The number of benzene rings is 1. The van der Waals surface area contributed by atoms with Crippen LogP contribution in [0.25, 0.3) is 22.2 Å². The molecule has 0 spiro atoms. The van der Waals surface area contributed by atoms with Crippen molar-refractivity contribution in [1.82, 2.24) is 15.2 Å². The van der Waals surface area contributed by atoms with Gasteiger partial charge in [-0.2, -0.15) is 0 Å². The van der Waals surface area contributed by atoms with Gasteiger partial charge >= 0.3 is 0 Å². The van der Waals surface area contributed by atoms with Gasteiger partial charge in [-0.3, -0.25) is 9.69 Å². The first-order valence-electron chi connectivity index (χ1n) is 10.2. The van der Waals surface area contributed by atoms with E-state index in [1.54, 1.807) is 6.07 Å². The molecule has 2 aromatic heterocycles. The molecule has 1 saturated heterocycles. The van der Waals surface area contributed by atoms with Crippen LogP contribution in [0.3, 0.4) is 0 Å². The Bertz CT molecular complexity index is 1010. The maximum atomic E-state index is 12.3. The maximum Gasteiger partial charge on any atom is 0.254 e. The third kappa shape index (κ3) is 4.38. The first-order valence-corrected chi connectivity index (χ1v) is 10.2. The highest BCUT2D eigenvalue weighted by molar-refractivity contribution is 5.95. The summed E-state index contributed by atoms with van der Waals surface area (Å²) in [5.74, 6) is 0.537. The Labute approximate surface area is 170 Å². The fourth-order valence-electron chi connectivity index (χ4n) is 3.98. The Kier molecular flexibility index (Phi) is 5.23. The average molecular weight is 396 g/mol. The van der Waals surface area contributed by atoms with Crippen molar-refractivity contribution in [3.8, 4) is 11.3 Å². The van der Waals surface area contributed by atoms with Gasteiger partial charge in [-0.05, 0) is 70.5 Å². The van der Waals surface area contributed by atoms with Crippen molar-refractivity contribution in [3.63, 3.8) is 0 Å². The van der Waals surface area contributed by atoms with E-state index in [0.717, 1.165) is 48.1 Å². The number of nitrogens with one attached hydrogen (secondary N) is 2. The minimum Gasteiger partial charge on any atom is -0.464 e. The molecule has 0 aliphatic carbocycles. The Morgan fingerprint density at radius 3 is 2.90 bits per heavy atom. The maximum absolute atomic E-state index is 12.3. The Morgan fingerprint density at radius 1 is 1.31 bits per heavy atom. The summed E-state index contributed by atoms with van der Waals surface area (Å²) >= 11 is 0. The molecule has 1 aliphatic rings. The summed E-state index contributed by atoms with van der Waals surface area (Å²) in [6.45, 7) is 7.91. The van der Waals surface area contributed by atoms with Crippen LogP contribution in [0.4, 0.5) is 0 Å². The third-order valence-corrected chi connectivity index (χ3v) is 5.39. The van der Waals surface area contributed by atoms with E-state index in [2.05, 4.69) is 27.3 Å². The van der Waals surface area contributed by atoms with E-state index in [4.69, 9.17) is 4.42 Å². The second-order valence-electron chi connectivity index (χ2n) is 8.95. The van der Waals surface area contributed by atoms with Crippen LogP contribution in [-0.2, 0) is 6.54 Å². The number of carbonyl (C=O) groups is 1. The Morgan fingerprint density at radius 2 is 2.14 bits per heavy atom. The smallest absolute Gasteiger partial charge is 0.254 e. The highest BCUT2D eigenvalue weighted by Crippen LogP contribution is 2.28. The van der Waals surface area contributed by atoms with Crippen LogP contribution < -0.4 is 5.32 Å². The standard InChI is InChI=1S/C23H29N3O3/c1-23(2,3)25-22(28)17-11-21(29-14-17)15-6-7-20-16(9-15)10-18(24-20)12-26-8-4-5-19(26)13-27/h6-7,9-11,14,19,24,27H,4-5,8,12-13H2,1-3H3,(H,25,28)/t19-/m1/s1. The van der Waals surface area contributed by atoms with E-state index in [-0.39, 0.29) is 24.1 Å². The van der Waals surface area contributed by atoms with Gasteiger partial charge in [0.15, 0.2) is 0 Å². The molecule has 1 amide bonds. The van der Waals surface area contributed by atoms with Crippen LogP contribution >= 0.6 is 0 Å². The van der Waals surface area contributed by atoms with Crippen molar-refractivity contribution in [3.05, 3.63) is 47.9 Å². The summed E-state index contributed by atoms with van der Waals surface area (Å²) in [5, 5.41) is 13.6. The number of nitrogens with zero attached hydrogens (tertiary/aromatic N) is 1. The topological polar surface area (TPSA) is 81.5 Å². The molecule has 6 heteroatoms. The number of carbonyl (C=O) groups excluding carboxylic acids is 1. The number of hydrogen-bond donors (Lipinski definition) is 3. The largest absolute Gasteiger partial charge is 0.464 e. The number of aromatic amines is 1. The van der Waals surface area contributed by atoms with Gasteiger partial charge in [-0.1, -0.05) is 0 Å². The number of fused-ring (bicyclic) bond motifs is 1. The highest BCUT2D eigenvalue weighted by Gasteiger charge is 2.24. The normalized spacial score (nSPS) is 17.9. The Hall–Kier alpha value is -2.57. The molecule has 3 aromatic rings. The number of furan rings is 1. The van der Waals surface area contributed by atoms with Gasteiger partial charge in [-0.15, -0.1) is 0 Å². The predicted octanol–water partition coefficient (Wildman–Crippen LogP) is 3.91. The summed E-state index contributed by atoms with van der Waals surface area (Å²) in [6, 6.07) is 10.3. The number of likely N-dealkylation sites (tertiary alicyclic amines) is 1. The second kappa shape index (κ2) is 7.69. The molecule has 154 valence electrons. The average Bonchev–Trinajstić information content (AvgIpc) is 3.38. The minimum atomic E-state index is -0.292. The first kappa shape index (κ1) is 19.7. The van der Waals surface area contributed by atoms with Gasteiger partial charge in [0.05, 0.1) is 12.2 Å². The van der Waals surface area contributed by atoms with Crippen molar-refractivity contribution < 1.29 is 14.3 Å². The highest BCUT2D eigenvalue weighted by atomic mass is 16.3.